The molecule has 0 spiro atoms. The molecule has 1 aromatic carbocycles. The summed E-state index contributed by atoms with van der Waals surface area (Å²) in [5.41, 5.74) is 8.61. The molecular weight excluding hydrogens is 406 g/mol. The van der Waals surface area contributed by atoms with Crippen LogP contribution in [0.4, 0.5) is 5.13 Å². The van der Waals surface area contributed by atoms with E-state index in [0.717, 1.165) is 52.7 Å². The number of aromatic nitrogens is 1. The third kappa shape index (κ3) is 6.98. The molecule has 1 unspecified atom stereocenters. The molecule has 5 nitrogen and oxygen atoms in total. The Kier molecular flexibility index (Phi) is 9.40. The van der Waals surface area contributed by atoms with E-state index < -0.39 is 0 Å². The predicted molar refractivity (Wildman–Crippen MR) is 123 cm³/mol. The number of nitrogens with one attached hydrogen (secondary N) is 1. The van der Waals surface area contributed by atoms with E-state index in [1.165, 1.54) is 12.0 Å². The van der Waals surface area contributed by atoms with Gasteiger partial charge in [-0.25, -0.2) is 4.98 Å². The molecule has 2 aromatic rings. The second-order valence-corrected chi connectivity index (χ2v) is 9.23. The summed E-state index contributed by atoms with van der Waals surface area (Å²) in [7, 11) is 1.43. The highest BCUT2D eigenvalue weighted by Gasteiger charge is 2.20. The maximum Gasteiger partial charge on any atom is 0.310 e. The summed E-state index contributed by atoms with van der Waals surface area (Å²) in [6.07, 6.45) is 3.50. The van der Waals surface area contributed by atoms with Crippen molar-refractivity contribution in [3.05, 3.63) is 33.7 Å². The molecule has 1 heterocycles. The highest BCUT2D eigenvalue weighted by Crippen LogP contribution is 2.35. The molecule has 3 N–H and O–H groups in total. The summed E-state index contributed by atoms with van der Waals surface area (Å²) >= 11 is 7.99. The summed E-state index contributed by atoms with van der Waals surface area (Å²) in [5.74, 6) is 0.113. The van der Waals surface area contributed by atoms with Gasteiger partial charge in [0.1, 0.15) is 0 Å². The molecule has 160 valence electrons. The normalized spacial score (nSPS) is 12.2. The lowest BCUT2D eigenvalue weighted by atomic mass is 10.0. The van der Waals surface area contributed by atoms with Crippen LogP contribution in [0.2, 0.25) is 5.02 Å². The van der Waals surface area contributed by atoms with Crippen LogP contribution in [-0.4, -0.2) is 31.2 Å². The number of benzene rings is 1. The minimum atomic E-state index is -0.207. The van der Waals surface area contributed by atoms with Gasteiger partial charge in [0.15, 0.2) is 5.13 Å². The second kappa shape index (κ2) is 11.5. The standard InChI is InChI=1S/C22H32ClN3O2S/c1-14(2)11-19-20(16-9-8-15(3)18(23)12-16)26-22(29-19)25-13-17(21(27)28-4)7-5-6-10-24/h8-9,12,14,17H,5-7,10-11,13,24H2,1-4H3,(H,25,26). The SMILES string of the molecule is COC(=O)C(CCCCN)CNc1nc(-c2ccc(C)c(Cl)c2)c(CC(C)C)s1. The van der Waals surface area contributed by atoms with Gasteiger partial charge in [0, 0.05) is 22.0 Å². The van der Waals surface area contributed by atoms with Crippen molar-refractivity contribution in [3.8, 4) is 11.3 Å². The van der Waals surface area contributed by atoms with Gasteiger partial charge >= 0.3 is 5.97 Å². The number of nitrogens with two attached hydrogens (primary N) is 1. The van der Waals surface area contributed by atoms with Crippen molar-refractivity contribution in [2.45, 2.75) is 46.5 Å². The van der Waals surface area contributed by atoms with Gasteiger partial charge in [0.05, 0.1) is 18.7 Å². The number of hydrogen-bond acceptors (Lipinski definition) is 6. The number of ether oxygens (including phenoxy) is 1. The van der Waals surface area contributed by atoms with Crippen molar-refractivity contribution in [3.63, 3.8) is 0 Å². The van der Waals surface area contributed by atoms with Gasteiger partial charge in [-0.1, -0.05) is 44.0 Å². The highest BCUT2D eigenvalue weighted by atomic mass is 35.5. The van der Waals surface area contributed by atoms with Gasteiger partial charge in [0.2, 0.25) is 0 Å². The molecule has 0 aliphatic carbocycles. The maximum atomic E-state index is 12.1. The number of carbonyl (C=O) groups is 1. The zero-order chi connectivity index (χ0) is 21.4. The first-order valence-corrected chi connectivity index (χ1v) is 11.3. The number of halogens is 1. The molecule has 0 bridgehead atoms. The van der Waals surface area contributed by atoms with E-state index in [-0.39, 0.29) is 11.9 Å². The van der Waals surface area contributed by atoms with Crippen LogP contribution in [0.15, 0.2) is 18.2 Å². The molecule has 0 radical (unpaired) electrons. The number of anilines is 1. The number of methoxy groups -OCH3 is 1. The van der Waals surface area contributed by atoms with Crippen LogP contribution < -0.4 is 11.1 Å². The number of rotatable bonds is 11. The van der Waals surface area contributed by atoms with Crippen molar-refractivity contribution in [1.29, 1.82) is 0 Å². The van der Waals surface area contributed by atoms with Crippen LogP contribution >= 0.6 is 22.9 Å². The van der Waals surface area contributed by atoms with E-state index in [4.69, 9.17) is 27.1 Å². The van der Waals surface area contributed by atoms with Gasteiger partial charge < -0.3 is 15.8 Å². The maximum absolute atomic E-state index is 12.1. The Bertz CT molecular complexity index is 807. The number of unbranched alkanes of at least 4 members (excludes halogenated alkanes) is 1. The van der Waals surface area contributed by atoms with E-state index in [2.05, 4.69) is 25.2 Å². The fourth-order valence-corrected chi connectivity index (χ4v) is 4.50. The Balaban J connectivity index is 2.20. The van der Waals surface area contributed by atoms with E-state index in [9.17, 15) is 4.79 Å². The fraction of sp³-hybridized carbons (Fsp3) is 0.545. The Morgan fingerprint density at radius 3 is 2.72 bits per heavy atom. The van der Waals surface area contributed by atoms with Crippen LogP contribution in [0.25, 0.3) is 11.3 Å². The van der Waals surface area contributed by atoms with Gasteiger partial charge in [-0.3, -0.25) is 4.79 Å². The summed E-state index contributed by atoms with van der Waals surface area (Å²) in [6.45, 7) is 7.52. The topological polar surface area (TPSA) is 77.2 Å². The Morgan fingerprint density at radius 2 is 2.10 bits per heavy atom. The first kappa shape index (κ1) is 23.6. The largest absolute Gasteiger partial charge is 0.469 e. The average molecular weight is 438 g/mol. The molecule has 2 rings (SSSR count). The van der Waals surface area contributed by atoms with Gasteiger partial charge in [-0.05, 0) is 50.3 Å². The monoisotopic (exact) mass is 437 g/mol. The van der Waals surface area contributed by atoms with E-state index >= 15 is 0 Å². The number of nitrogens with zero attached hydrogens (tertiary/aromatic N) is 1. The summed E-state index contributed by atoms with van der Waals surface area (Å²) in [6, 6.07) is 6.06. The molecule has 0 amide bonds. The molecule has 0 aliphatic rings. The first-order chi connectivity index (χ1) is 13.8. The van der Waals surface area contributed by atoms with Crippen LogP contribution in [0.1, 0.15) is 43.6 Å². The lowest BCUT2D eigenvalue weighted by molar-refractivity contribution is -0.145. The first-order valence-electron chi connectivity index (χ1n) is 10.1. The second-order valence-electron chi connectivity index (χ2n) is 7.74. The summed E-state index contributed by atoms with van der Waals surface area (Å²) in [5, 5.41) is 4.92. The number of thiazole rings is 1. The van der Waals surface area contributed by atoms with E-state index in [0.29, 0.717) is 19.0 Å². The highest BCUT2D eigenvalue weighted by molar-refractivity contribution is 7.16. The third-order valence-corrected chi connectivity index (χ3v) is 6.22. The zero-order valence-corrected chi connectivity index (χ0v) is 19.3. The number of esters is 1. The molecule has 0 aliphatic heterocycles. The van der Waals surface area contributed by atoms with Crippen molar-refractivity contribution in [2.24, 2.45) is 17.6 Å². The quantitative estimate of drug-likeness (QED) is 0.368. The molecule has 29 heavy (non-hydrogen) atoms. The molecule has 0 fully saturated rings. The fourth-order valence-electron chi connectivity index (χ4n) is 3.12. The Morgan fingerprint density at radius 1 is 1.34 bits per heavy atom. The molecular formula is C22H32ClN3O2S. The minimum Gasteiger partial charge on any atom is -0.469 e. The van der Waals surface area contributed by atoms with Crippen LogP contribution in [0, 0.1) is 18.8 Å². The Hall–Kier alpha value is -1.63. The lowest BCUT2D eigenvalue weighted by Gasteiger charge is -2.14. The van der Waals surface area contributed by atoms with Crippen LogP contribution in [0.3, 0.4) is 0 Å². The van der Waals surface area contributed by atoms with E-state index in [1.807, 2.05) is 19.1 Å². The smallest absolute Gasteiger partial charge is 0.310 e. The van der Waals surface area contributed by atoms with Crippen molar-refractivity contribution >= 4 is 34.0 Å². The van der Waals surface area contributed by atoms with Crippen LogP contribution in [-0.2, 0) is 16.0 Å². The minimum absolute atomic E-state index is 0.195. The molecule has 7 heteroatoms. The molecule has 0 saturated heterocycles. The number of aryl methyl sites for hydroxylation is 1. The number of hydrogen-bond donors (Lipinski definition) is 2. The average Bonchev–Trinajstić information content (AvgIpc) is 3.08. The summed E-state index contributed by atoms with van der Waals surface area (Å²) < 4.78 is 4.96. The lowest BCUT2D eigenvalue weighted by Crippen LogP contribution is -2.24. The van der Waals surface area contributed by atoms with Crippen molar-refractivity contribution in [1.82, 2.24) is 4.98 Å². The zero-order valence-electron chi connectivity index (χ0n) is 17.8. The molecule has 1 aromatic heterocycles. The van der Waals surface area contributed by atoms with Gasteiger partial charge in [0.25, 0.3) is 0 Å². The van der Waals surface area contributed by atoms with Gasteiger partial charge in [-0.2, -0.15) is 0 Å². The third-order valence-electron chi connectivity index (χ3n) is 4.78. The predicted octanol–water partition coefficient (Wildman–Crippen LogP) is 5.30. The van der Waals surface area contributed by atoms with E-state index in [1.54, 1.807) is 11.3 Å². The summed E-state index contributed by atoms with van der Waals surface area (Å²) in [4.78, 5) is 18.2. The van der Waals surface area contributed by atoms with Crippen LogP contribution in [0.5, 0.6) is 0 Å². The van der Waals surface area contributed by atoms with Crippen molar-refractivity contribution < 1.29 is 9.53 Å². The molecule has 1 atom stereocenters. The van der Waals surface area contributed by atoms with Crippen molar-refractivity contribution in [2.75, 3.05) is 25.5 Å². The number of carbonyl (C=O) groups excluding carboxylic acids is 1. The van der Waals surface area contributed by atoms with Gasteiger partial charge in [-0.15, -0.1) is 11.3 Å². The molecule has 0 saturated carbocycles. The Labute approximate surface area is 183 Å².